The molecule has 1 heterocycles. The molecule has 2 unspecified atom stereocenters. The smallest absolute Gasteiger partial charge is 0.291 e. The minimum Gasteiger partial charge on any atom is -0.375 e. The van der Waals surface area contributed by atoms with Crippen molar-refractivity contribution in [3.8, 4) is 0 Å². The number of aromatic nitrogens is 2. The van der Waals surface area contributed by atoms with Gasteiger partial charge < -0.3 is 11.1 Å². The van der Waals surface area contributed by atoms with Crippen molar-refractivity contribution in [3.05, 3.63) is 21.0 Å². The zero-order valence-corrected chi connectivity index (χ0v) is 11.7. The van der Waals surface area contributed by atoms with E-state index < -0.39 is 0 Å². The first-order valence-electron chi connectivity index (χ1n) is 6.43. The lowest BCUT2D eigenvalue weighted by Crippen LogP contribution is -2.31. The minimum absolute atomic E-state index is 0.0459. The van der Waals surface area contributed by atoms with E-state index in [0.717, 1.165) is 17.4 Å². The number of hydrogen-bond donors (Lipinski definition) is 2. The maximum absolute atomic E-state index is 12.3. The van der Waals surface area contributed by atoms with Crippen LogP contribution < -0.4 is 16.6 Å². The van der Waals surface area contributed by atoms with E-state index in [4.69, 9.17) is 5.73 Å². The molecule has 0 aliphatic heterocycles. The normalized spacial score (nSPS) is 26.8. The SMILES string of the molecule is NC1CC1Nc1c(Br)cnn(CC2CCC2)c1=O. The van der Waals surface area contributed by atoms with Crippen LogP contribution in [0.3, 0.4) is 0 Å². The zero-order chi connectivity index (χ0) is 12.7. The van der Waals surface area contributed by atoms with Gasteiger partial charge in [0.2, 0.25) is 0 Å². The lowest BCUT2D eigenvalue weighted by molar-refractivity contribution is 0.262. The third-order valence-electron chi connectivity index (χ3n) is 3.82. The van der Waals surface area contributed by atoms with Crippen LogP contribution in [0.25, 0.3) is 0 Å². The fraction of sp³-hybridized carbons (Fsp3) is 0.667. The Bertz CT molecular complexity index is 511. The number of hydrogen-bond acceptors (Lipinski definition) is 4. The van der Waals surface area contributed by atoms with Crippen LogP contribution in [-0.2, 0) is 6.54 Å². The second-order valence-corrected chi connectivity index (χ2v) is 6.16. The molecular formula is C12H17BrN4O. The molecular weight excluding hydrogens is 296 g/mol. The molecule has 5 nitrogen and oxygen atoms in total. The zero-order valence-electron chi connectivity index (χ0n) is 10.1. The van der Waals surface area contributed by atoms with Crippen LogP contribution in [0.4, 0.5) is 5.69 Å². The standard InChI is InChI=1S/C12H17BrN4O/c13-8-5-15-17(6-7-2-1-3-7)12(18)11(8)16-10-4-9(10)14/h5,7,9-10,16H,1-4,6,14H2. The molecule has 2 atom stereocenters. The van der Waals surface area contributed by atoms with Crippen molar-refractivity contribution in [2.45, 2.75) is 44.3 Å². The van der Waals surface area contributed by atoms with E-state index in [1.54, 1.807) is 10.9 Å². The average Bonchev–Trinajstić information content (AvgIpc) is 2.97. The number of nitrogens with one attached hydrogen (secondary N) is 1. The molecule has 2 saturated carbocycles. The third kappa shape index (κ3) is 2.31. The maximum Gasteiger partial charge on any atom is 0.291 e. The predicted molar refractivity (Wildman–Crippen MR) is 73.5 cm³/mol. The largest absolute Gasteiger partial charge is 0.375 e. The van der Waals surface area contributed by atoms with Crippen LogP contribution in [0, 0.1) is 5.92 Å². The fourth-order valence-corrected chi connectivity index (χ4v) is 2.59. The van der Waals surface area contributed by atoms with Gasteiger partial charge in [0.1, 0.15) is 5.69 Å². The summed E-state index contributed by atoms with van der Waals surface area (Å²) in [6.07, 6.45) is 6.31. The number of anilines is 1. The second kappa shape index (κ2) is 4.66. The van der Waals surface area contributed by atoms with Gasteiger partial charge in [0.15, 0.2) is 0 Å². The van der Waals surface area contributed by atoms with E-state index in [2.05, 4.69) is 26.3 Å². The maximum atomic E-state index is 12.3. The molecule has 3 N–H and O–H groups in total. The molecule has 0 amide bonds. The molecule has 2 aliphatic carbocycles. The molecule has 1 aromatic heterocycles. The summed E-state index contributed by atoms with van der Waals surface area (Å²) < 4.78 is 2.29. The van der Waals surface area contributed by atoms with Gasteiger partial charge in [-0.2, -0.15) is 5.10 Å². The van der Waals surface area contributed by atoms with E-state index in [1.165, 1.54) is 19.3 Å². The van der Waals surface area contributed by atoms with Gasteiger partial charge in [0.25, 0.3) is 5.56 Å². The van der Waals surface area contributed by atoms with Gasteiger partial charge in [-0.1, -0.05) is 6.42 Å². The van der Waals surface area contributed by atoms with Crippen LogP contribution in [-0.4, -0.2) is 21.9 Å². The Balaban J connectivity index is 1.82. The highest BCUT2D eigenvalue weighted by atomic mass is 79.9. The third-order valence-corrected chi connectivity index (χ3v) is 4.42. The van der Waals surface area contributed by atoms with E-state index >= 15 is 0 Å². The first-order valence-corrected chi connectivity index (χ1v) is 7.22. The monoisotopic (exact) mass is 312 g/mol. The summed E-state index contributed by atoms with van der Waals surface area (Å²) in [6.45, 7) is 0.734. The van der Waals surface area contributed by atoms with Crippen LogP contribution in [0.1, 0.15) is 25.7 Å². The average molecular weight is 313 g/mol. The van der Waals surface area contributed by atoms with E-state index in [0.29, 0.717) is 11.6 Å². The number of rotatable bonds is 4. The number of nitrogens with zero attached hydrogens (tertiary/aromatic N) is 2. The van der Waals surface area contributed by atoms with Gasteiger partial charge in [-0.3, -0.25) is 4.79 Å². The van der Waals surface area contributed by atoms with E-state index in [9.17, 15) is 4.79 Å². The molecule has 2 fully saturated rings. The molecule has 0 aromatic carbocycles. The molecule has 0 saturated heterocycles. The summed E-state index contributed by atoms with van der Waals surface area (Å²) >= 11 is 3.38. The second-order valence-electron chi connectivity index (χ2n) is 5.30. The summed E-state index contributed by atoms with van der Waals surface area (Å²) in [7, 11) is 0. The molecule has 6 heteroatoms. The molecule has 0 spiro atoms. The van der Waals surface area contributed by atoms with Gasteiger partial charge in [-0.05, 0) is 41.1 Å². The first-order chi connectivity index (χ1) is 8.65. The number of halogens is 1. The Morgan fingerprint density at radius 3 is 2.83 bits per heavy atom. The van der Waals surface area contributed by atoms with Crippen LogP contribution >= 0.6 is 15.9 Å². The molecule has 18 heavy (non-hydrogen) atoms. The Kier molecular flexibility index (Phi) is 3.15. The highest BCUT2D eigenvalue weighted by Crippen LogP contribution is 2.28. The minimum atomic E-state index is -0.0459. The van der Waals surface area contributed by atoms with Crippen molar-refractivity contribution >= 4 is 21.6 Å². The Morgan fingerprint density at radius 1 is 1.56 bits per heavy atom. The Morgan fingerprint density at radius 2 is 2.28 bits per heavy atom. The molecule has 1 aromatic rings. The summed E-state index contributed by atoms with van der Waals surface area (Å²) in [5.74, 6) is 0.618. The van der Waals surface area contributed by atoms with Gasteiger partial charge in [-0.15, -0.1) is 0 Å². The lowest BCUT2D eigenvalue weighted by Gasteiger charge is -2.25. The lowest BCUT2D eigenvalue weighted by atomic mass is 9.85. The van der Waals surface area contributed by atoms with Crippen LogP contribution in [0.2, 0.25) is 0 Å². The molecule has 2 aliphatic rings. The van der Waals surface area contributed by atoms with Crippen molar-refractivity contribution in [2.75, 3.05) is 5.32 Å². The molecule has 3 rings (SSSR count). The van der Waals surface area contributed by atoms with Gasteiger partial charge in [-0.25, -0.2) is 4.68 Å². The Hall–Kier alpha value is -0.880. The van der Waals surface area contributed by atoms with E-state index in [1.807, 2.05) is 0 Å². The quantitative estimate of drug-likeness (QED) is 0.879. The number of nitrogens with two attached hydrogens (primary N) is 1. The van der Waals surface area contributed by atoms with Crippen molar-refractivity contribution in [2.24, 2.45) is 11.7 Å². The molecule has 0 bridgehead atoms. The first kappa shape index (κ1) is 12.2. The highest BCUT2D eigenvalue weighted by molar-refractivity contribution is 9.10. The summed E-state index contributed by atoms with van der Waals surface area (Å²) in [6, 6.07) is 0.401. The summed E-state index contributed by atoms with van der Waals surface area (Å²) in [4.78, 5) is 12.3. The van der Waals surface area contributed by atoms with Crippen LogP contribution in [0.15, 0.2) is 15.5 Å². The highest BCUT2D eigenvalue weighted by Gasteiger charge is 2.34. The Labute approximate surface area is 114 Å². The van der Waals surface area contributed by atoms with E-state index in [-0.39, 0.29) is 17.6 Å². The van der Waals surface area contributed by atoms with Gasteiger partial charge >= 0.3 is 0 Å². The van der Waals surface area contributed by atoms with Crippen molar-refractivity contribution in [1.29, 1.82) is 0 Å². The van der Waals surface area contributed by atoms with Crippen molar-refractivity contribution in [3.63, 3.8) is 0 Å². The summed E-state index contributed by atoms with van der Waals surface area (Å²) in [5, 5.41) is 7.40. The predicted octanol–water partition coefficient (Wildman–Crippen LogP) is 1.32. The summed E-state index contributed by atoms with van der Waals surface area (Å²) in [5.41, 5.74) is 6.32. The molecule has 0 radical (unpaired) electrons. The topological polar surface area (TPSA) is 72.9 Å². The van der Waals surface area contributed by atoms with Crippen LogP contribution in [0.5, 0.6) is 0 Å². The van der Waals surface area contributed by atoms with Gasteiger partial charge in [0, 0.05) is 18.6 Å². The van der Waals surface area contributed by atoms with Crippen molar-refractivity contribution in [1.82, 2.24) is 9.78 Å². The van der Waals surface area contributed by atoms with Crippen molar-refractivity contribution < 1.29 is 0 Å². The fourth-order valence-electron chi connectivity index (χ4n) is 2.22. The molecule has 98 valence electrons. The van der Waals surface area contributed by atoms with Gasteiger partial charge in [0.05, 0.1) is 10.7 Å².